The van der Waals surface area contributed by atoms with Gasteiger partial charge in [-0.25, -0.2) is 0 Å². The van der Waals surface area contributed by atoms with E-state index in [0.717, 1.165) is 11.8 Å². The quantitative estimate of drug-likeness (QED) is 0.772. The Kier molecular flexibility index (Phi) is 3.91. The number of nitrogens with one attached hydrogen (secondary N) is 1. The summed E-state index contributed by atoms with van der Waals surface area (Å²) in [5.41, 5.74) is 0.421. The second-order valence-electron chi connectivity index (χ2n) is 6.04. The molecule has 0 bridgehead atoms. The van der Waals surface area contributed by atoms with E-state index in [2.05, 4.69) is 31.0 Å². The maximum atomic E-state index is 3.76. The second kappa shape index (κ2) is 5.05. The maximum Gasteiger partial charge on any atom is 0.0309 e. The molecule has 1 heterocycles. The van der Waals surface area contributed by atoms with E-state index in [4.69, 9.17) is 0 Å². The van der Waals surface area contributed by atoms with Crippen LogP contribution in [0.5, 0.6) is 0 Å². The molecule has 2 heteroatoms. The molecule has 0 spiro atoms. The third-order valence-corrected chi connectivity index (χ3v) is 4.66. The van der Waals surface area contributed by atoms with Crippen LogP contribution >= 0.6 is 0 Å². The number of hydrogen-bond donors (Lipinski definition) is 1. The van der Waals surface area contributed by atoms with Crippen LogP contribution in [0.1, 0.15) is 46.5 Å². The zero-order valence-electron chi connectivity index (χ0n) is 11.3. The third kappa shape index (κ3) is 2.78. The largest absolute Gasteiger partial charge is 0.309 e. The standard InChI is InChI=1S/C14H28N2/c1-4-12(5-2)10-16-9-8-15-14(3,11-16)13-6-7-13/h12-13,15H,4-11H2,1-3H3. The molecule has 1 N–H and O–H groups in total. The Morgan fingerprint density at radius 2 is 2.00 bits per heavy atom. The van der Waals surface area contributed by atoms with Gasteiger partial charge in [0.1, 0.15) is 0 Å². The lowest BCUT2D eigenvalue weighted by Crippen LogP contribution is -2.60. The number of hydrogen-bond acceptors (Lipinski definition) is 2. The Morgan fingerprint density at radius 3 is 2.56 bits per heavy atom. The highest BCUT2D eigenvalue weighted by Crippen LogP contribution is 2.40. The zero-order chi connectivity index (χ0) is 11.6. The number of rotatable bonds is 5. The highest BCUT2D eigenvalue weighted by Gasteiger charge is 2.43. The van der Waals surface area contributed by atoms with E-state index in [0.29, 0.717) is 5.54 Å². The molecule has 2 fully saturated rings. The Labute approximate surface area is 101 Å². The molecule has 0 amide bonds. The first kappa shape index (κ1) is 12.4. The van der Waals surface area contributed by atoms with E-state index < -0.39 is 0 Å². The molecule has 1 aliphatic carbocycles. The average molecular weight is 224 g/mol. The first-order valence-electron chi connectivity index (χ1n) is 7.15. The smallest absolute Gasteiger partial charge is 0.0309 e. The molecule has 16 heavy (non-hydrogen) atoms. The fourth-order valence-corrected chi connectivity index (χ4v) is 3.16. The van der Waals surface area contributed by atoms with Gasteiger partial charge in [0.15, 0.2) is 0 Å². The highest BCUT2D eigenvalue weighted by molar-refractivity contribution is 5.02. The number of nitrogens with zero attached hydrogens (tertiary/aromatic N) is 1. The van der Waals surface area contributed by atoms with E-state index in [1.807, 2.05) is 0 Å². The summed E-state index contributed by atoms with van der Waals surface area (Å²) in [5.74, 6) is 1.86. The van der Waals surface area contributed by atoms with Crippen LogP contribution in [0, 0.1) is 11.8 Å². The molecule has 2 nitrogen and oxygen atoms in total. The van der Waals surface area contributed by atoms with E-state index >= 15 is 0 Å². The monoisotopic (exact) mass is 224 g/mol. The number of piperazine rings is 1. The van der Waals surface area contributed by atoms with Crippen LogP contribution < -0.4 is 5.32 Å². The molecule has 1 saturated heterocycles. The van der Waals surface area contributed by atoms with Gasteiger partial charge in [-0.1, -0.05) is 26.7 Å². The predicted octanol–water partition coefficient (Wildman–Crippen LogP) is 2.50. The van der Waals surface area contributed by atoms with Gasteiger partial charge < -0.3 is 5.32 Å². The molecular weight excluding hydrogens is 196 g/mol. The highest BCUT2D eigenvalue weighted by atomic mass is 15.2. The van der Waals surface area contributed by atoms with E-state index in [-0.39, 0.29) is 0 Å². The van der Waals surface area contributed by atoms with Crippen LogP contribution in [0.15, 0.2) is 0 Å². The Balaban J connectivity index is 1.86. The minimum atomic E-state index is 0.421. The van der Waals surface area contributed by atoms with Gasteiger partial charge in [0.05, 0.1) is 0 Å². The first-order chi connectivity index (χ1) is 7.68. The Hall–Kier alpha value is -0.0800. The summed E-state index contributed by atoms with van der Waals surface area (Å²) < 4.78 is 0. The van der Waals surface area contributed by atoms with Gasteiger partial charge in [-0.05, 0) is 31.6 Å². The molecule has 94 valence electrons. The van der Waals surface area contributed by atoms with E-state index in [1.54, 1.807) is 0 Å². The molecule has 1 unspecified atom stereocenters. The topological polar surface area (TPSA) is 15.3 Å². The average Bonchev–Trinajstić information content (AvgIpc) is 3.10. The van der Waals surface area contributed by atoms with Crippen molar-refractivity contribution in [1.82, 2.24) is 10.2 Å². The molecule has 0 radical (unpaired) electrons. The molecule has 1 aliphatic heterocycles. The van der Waals surface area contributed by atoms with Crippen LogP contribution in [0.2, 0.25) is 0 Å². The van der Waals surface area contributed by atoms with Gasteiger partial charge in [-0.2, -0.15) is 0 Å². The van der Waals surface area contributed by atoms with E-state index in [1.165, 1.54) is 51.9 Å². The zero-order valence-corrected chi connectivity index (χ0v) is 11.3. The SMILES string of the molecule is CCC(CC)CN1CCNC(C)(C2CC2)C1. The predicted molar refractivity (Wildman–Crippen MR) is 69.6 cm³/mol. The second-order valence-corrected chi connectivity index (χ2v) is 6.04. The van der Waals surface area contributed by atoms with Gasteiger partial charge >= 0.3 is 0 Å². The van der Waals surface area contributed by atoms with Crippen LogP contribution in [-0.4, -0.2) is 36.6 Å². The molecule has 2 aliphatic rings. The molecule has 2 rings (SSSR count). The molecule has 1 atom stereocenters. The molecule has 0 aromatic carbocycles. The normalized spacial score (nSPS) is 32.2. The Bertz CT molecular complexity index is 221. The molecular formula is C14H28N2. The summed E-state index contributed by atoms with van der Waals surface area (Å²) in [4.78, 5) is 2.70. The van der Waals surface area contributed by atoms with E-state index in [9.17, 15) is 0 Å². The minimum absolute atomic E-state index is 0.421. The van der Waals surface area contributed by atoms with Gasteiger partial charge in [-0.15, -0.1) is 0 Å². The van der Waals surface area contributed by atoms with Crippen molar-refractivity contribution >= 4 is 0 Å². The van der Waals surface area contributed by atoms with Crippen molar-refractivity contribution in [2.24, 2.45) is 11.8 Å². The summed E-state index contributed by atoms with van der Waals surface area (Å²) in [6.07, 6.45) is 5.56. The van der Waals surface area contributed by atoms with Crippen molar-refractivity contribution in [2.45, 2.75) is 52.0 Å². The summed E-state index contributed by atoms with van der Waals surface area (Å²) in [6.45, 7) is 12.1. The fourth-order valence-electron chi connectivity index (χ4n) is 3.16. The van der Waals surface area contributed by atoms with Gasteiger partial charge in [0.2, 0.25) is 0 Å². The van der Waals surface area contributed by atoms with Gasteiger partial charge in [0.25, 0.3) is 0 Å². The molecule has 0 aromatic heterocycles. The lowest BCUT2D eigenvalue weighted by atomic mass is 9.92. The first-order valence-corrected chi connectivity index (χ1v) is 7.15. The van der Waals surface area contributed by atoms with Gasteiger partial charge in [0, 0.05) is 31.7 Å². The maximum absolute atomic E-state index is 3.76. The lowest BCUT2D eigenvalue weighted by Gasteiger charge is -2.43. The van der Waals surface area contributed by atoms with Crippen molar-refractivity contribution < 1.29 is 0 Å². The molecule has 1 saturated carbocycles. The fraction of sp³-hybridized carbons (Fsp3) is 1.00. The van der Waals surface area contributed by atoms with Crippen molar-refractivity contribution in [3.05, 3.63) is 0 Å². The van der Waals surface area contributed by atoms with Crippen molar-refractivity contribution in [3.8, 4) is 0 Å². The lowest BCUT2D eigenvalue weighted by molar-refractivity contribution is 0.109. The summed E-state index contributed by atoms with van der Waals surface area (Å²) >= 11 is 0. The van der Waals surface area contributed by atoms with Gasteiger partial charge in [-0.3, -0.25) is 4.90 Å². The van der Waals surface area contributed by atoms with Crippen LogP contribution in [0.3, 0.4) is 0 Å². The molecule has 0 aromatic rings. The van der Waals surface area contributed by atoms with Crippen molar-refractivity contribution in [3.63, 3.8) is 0 Å². The van der Waals surface area contributed by atoms with Crippen molar-refractivity contribution in [1.29, 1.82) is 0 Å². The summed E-state index contributed by atoms with van der Waals surface area (Å²) in [6, 6.07) is 0. The summed E-state index contributed by atoms with van der Waals surface area (Å²) in [5, 5.41) is 3.76. The summed E-state index contributed by atoms with van der Waals surface area (Å²) in [7, 11) is 0. The van der Waals surface area contributed by atoms with Crippen molar-refractivity contribution in [2.75, 3.05) is 26.2 Å². The van der Waals surface area contributed by atoms with Crippen LogP contribution in [0.25, 0.3) is 0 Å². The third-order valence-electron chi connectivity index (χ3n) is 4.66. The Morgan fingerprint density at radius 1 is 1.31 bits per heavy atom. The van der Waals surface area contributed by atoms with Crippen LogP contribution in [0.4, 0.5) is 0 Å². The minimum Gasteiger partial charge on any atom is -0.309 e. The van der Waals surface area contributed by atoms with Crippen LogP contribution in [-0.2, 0) is 0 Å².